The first kappa shape index (κ1) is 19.6. The van der Waals surface area contributed by atoms with E-state index in [0.717, 1.165) is 16.5 Å². The van der Waals surface area contributed by atoms with E-state index in [2.05, 4.69) is 5.32 Å². The van der Waals surface area contributed by atoms with Crippen LogP contribution in [-0.2, 0) is 20.6 Å². The van der Waals surface area contributed by atoms with Gasteiger partial charge in [-0.15, -0.1) is 0 Å². The minimum Gasteiger partial charge on any atom is -0.497 e. The van der Waals surface area contributed by atoms with Crippen molar-refractivity contribution < 1.29 is 14.3 Å². The number of ether oxygens (including phenoxy) is 2. The number of fused-ring (bicyclic) bond motifs is 3. The summed E-state index contributed by atoms with van der Waals surface area (Å²) in [6.07, 6.45) is 1.59. The van der Waals surface area contributed by atoms with Crippen LogP contribution in [0.25, 0.3) is 21.8 Å². The van der Waals surface area contributed by atoms with E-state index in [1.165, 1.54) is 4.57 Å². The molecule has 2 aromatic carbocycles. The van der Waals surface area contributed by atoms with Crippen molar-refractivity contribution in [2.75, 3.05) is 14.2 Å². The first-order chi connectivity index (χ1) is 14.5. The lowest BCUT2D eigenvalue weighted by Crippen LogP contribution is -2.27. The molecule has 2 heterocycles. The van der Waals surface area contributed by atoms with E-state index in [1.54, 1.807) is 33.5 Å². The van der Waals surface area contributed by atoms with Crippen LogP contribution >= 0.6 is 0 Å². The smallest absolute Gasteiger partial charge is 0.274 e. The summed E-state index contributed by atoms with van der Waals surface area (Å²) in [5.41, 5.74) is 2.55. The molecule has 0 saturated carbocycles. The summed E-state index contributed by atoms with van der Waals surface area (Å²) in [6, 6.07) is 13.1. The van der Waals surface area contributed by atoms with Crippen molar-refractivity contribution in [1.29, 1.82) is 0 Å². The van der Waals surface area contributed by atoms with Crippen LogP contribution in [-0.4, -0.2) is 29.3 Å². The van der Waals surface area contributed by atoms with E-state index in [0.29, 0.717) is 28.0 Å². The number of methoxy groups -OCH3 is 2. The van der Waals surface area contributed by atoms with Crippen LogP contribution in [0.1, 0.15) is 15.9 Å². The maximum absolute atomic E-state index is 13.2. The molecule has 0 fully saturated rings. The Kier molecular flexibility index (Phi) is 4.95. The van der Waals surface area contributed by atoms with Gasteiger partial charge in [-0.05, 0) is 18.2 Å². The number of carbonyl (C=O) groups is 1. The summed E-state index contributed by atoms with van der Waals surface area (Å²) in [5, 5.41) is 4.49. The molecule has 30 heavy (non-hydrogen) atoms. The molecule has 2 aromatic heterocycles. The van der Waals surface area contributed by atoms with Gasteiger partial charge in [-0.3, -0.25) is 9.59 Å². The standard InChI is InChI=1S/C23H23N3O4/c1-25-13-17(20-16-7-5-6-8-18(16)26(2)21(20)23(25)28)22(27)24-12-14-9-10-15(29-3)11-19(14)30-4/h5-11,13H,12H2,1-4H3,(H,24,27). The molecular formula is C23H23N3O4. The van der Waals surface area contributed by atoms with Gasteiger partial charge in [0.25, 0.3) is 11.5 Å². The lowest BCUT2D eigenvalue weighted by atomic mass is 10.1. The molecule has 0 aliphatic rings. The number of nitrogens with zero attached hydrogens (tertiary/aromatic N) is 2. The lowest BCUT2D eigenvalue weighted by molar-refractivity contribution is 0.0951. The van der Waals surface area contributed by atoms with Crippen molar-refractivity contribution in [2.24, 2.45) is 14.1 Å². The lowest BCUT2D eigenvalue weighted by Gasteiger charge is -2.12. The van der Waals surface area contributed by atoms with E-state index >= 15 is 0 Å². The summed E-state index contributed by atoms with van der Waals surface area (Å²) in [4.78, 5) is 26.0. The van der Waals surface area contributed by atoms with Crippen molar-refractivity contribution in [3.63, 3.8) is 0 Å². The second-order valence-electron chi connectivity index (χ2n) is 7.12. The van der Waals surface area contributed by atoms with Crippen LogP contribution in [0, 0.1) is 0 Å². The van der Waals surface area contributed by atoms with E-state index in [4.69, 9.17) is 9.47 Å². The fourth-order valence-corrected chi connectivity index (χ4v) is 3.84. The predicted molar refractivity (Wildman–Crippen MR) is 116 cm³/mol. The molecule has 4 rings (SSSR count). The first-order valence-electron chi connectivity index (χ1n) is 9.52. The average molecular weight is 405 g/mol. The fourth-order valence-electron chi connectivity index (χ4n) is 3.84. The molecule has 7 heteroatoms. The zero-order chi connectivity index (χ0) is 21.4. The highest BCUT2D eigenvalue weighted by Gasteiger charge is 2.20. The Morgan fingerprint density at radius 2 is 1.83 bits per heavy atom. The molecule has 1 amide bonds. The number of para-hydroxylation sites is 1. The molecule has 0 bridgehead atoms. The first-order valence-corrected chi connectivity index (χ1v) is 9.52. The normalized spacial score (nSPS) is 11.1. The Hall–Kier alpha value is -3.74. The van der Waals surface area contributed by atoms with E-state index in [1.807, 2.05) is 48.0 Å². The van der Waals surface area contributed by atoms with Gasteiger partial charge in [0.2, 0.25) is 0 Å². The van der Waals surface area contributed by atoms with E-state index < -0.39 is 0 Å². The van der Waals surface area contributed by atoms with Crippen LogP contribution < -0.4 is 20.3 Å². The van der Waals surface area contributed by atoms with E-state index in [-0.39, 0.29) is 18.0 Å². The van der Waals surface area contributed by atoms with Crippen LogP contribution in [0.5, 0.6) is 11.5 Å². The van der Waals surface area contributed by atoms with Crippen LogP contribution in [0.4, 0.5) is 0 Å². The molecule has 4 aromatic rings. The second-order valence-corrected chi connectivity index (χ2v) is 7.12. The third-order valence-corrected chi connectivity index (χ3v) is 5.40. The SMILES string of the molecule is COc1ccc(CNC(=O)c2cn(C)c(=O)c3c2c2ccccc2n3C)c(OC)c1. The Balaban J connectivity index is 1.77. The molecule has 0 saturated heterocycles. The number of nitrogens with one attached hydrogen (secondary N) is 1. The molecule has 0 atom stereocenters. The van der Waals surface area contributed by atoms with Gasteiger partial charge in [-0.25, -0.2) is 0 Å². The number of amides is 1. The topological polar surface area (TPSA) is 74.5 Å². The third-order valence-electron chi connectivity index (χ3n) is 5.40. The van der Waals surface area contributed by atoms with Gasteiger partial charge in [0.05, 0.1) is 19.8 Å². The van der Waals surface area contributed by atoms with Crippen LogP contribution in [0.3, 0.4) is 0 Å². The molecule has 154 valence electrons. The molecular weight excluding hydrogens is 382 g/mol. The number of rotatable bonds is 5. The summed E-state index contributed by atoms with van der Waals surface area (Å²) in [6.45, 7) is 0.279. The number of benzene rings is 2. The maximum Gasteiger partial charge on any atom is 0.274 e. The molecule has 0 aliphatic heterocycles. The second kappa shape index (κ2) is 7.59. The minimum absolute atomic E-state index is 0.142. The molecule has 0 radical (unpaired) electrons. The van der Waals surface area contributed by atoms with Gasteiger partial charge in [0, 0.05) is 54.8 Å². The molecule has 7 nitrogen and oxygen atoms in total. The summed E-state index contributed by atoms with van der Waals surface area (Å²) < 4.78 is 13.9. The van der Waals surface area contributed by atoms with Crippen molar-refractivity contribution in [3.05, 3.63) is 70.1 Å². The van der Waals surface area contributed by atoms with Crippen molar-refractivity contribution in [3.8, 4) is 11.5 Å². The predicted octanol–water partition coefficient (Wildman–Crippen LogP) is 2.98. The van der Waals surface area contributed by atoms with Gasteiger partial charge in [0.15, 0.2) is 0 Å². The molecule has 0 aliphatic carbocycles. The number of aromatic nitrogens is 2. The van der Waals surface area contributed by atoms with Gasteiger partial charge >= 0.3 is 0 Å². The minimum atomic E-state index is -0.259. The third kappa shape index (κ3) is 3.08. The fraction of sp³-hybridized carbons (Fsp3) is 0.217. The Morgan fingerprint density at radius 1 is 1.07 bits per heavy atom. The van der Waals surface area contributed by atoms with Crippen LogP contribution in [0.15, 0.2) is 53.5 Å². The Morgan fingerprint density at radius 3 is 2.57 bits per heavy atom. The number of pyridine rings is 1. The van der Waals surface area contributed by atoms with E-state index in [9.17, 15) is 9.59 Å². The monoisotopic (exact) mass is 405 g/mol. The van der Waals surface area contributed by atoms with Crippen LogP contribution in [0.2, 0.25) is 0 Å². The zero-order valence-electron chi connectivity index (χ0n) is 17.4. The summed E-state index contributed by atoms with van der Waals surface area (Å²) in [5.74, 6) is 1.05. The average Bonchev–Trinajstić information content (AvgIpc) is 3.07. The Bertz CT molecular complexity index is 1330. The summed E-state index contributed by atoms with van der Waals surface area (Å²) in [7, 11) is 6.66. The quantitative estimate of drug-likeness (QED) is 0.554. The number of aryl methyl sites for hydroxylation is 2. The number of hydrogen-bond acceptors (Lipinski definition) is 4. The van der Waals surface area contributed by atoms with Gasteiger partial charge in [-0.2, -0.15) is 0 Å². The van der Waals surface area contributed by atoms with Gasteiger partial charge in [-0.1, -0.05) is 18.2 Å². The highest BCUT2D eigenvalue weighted by atomic mass is 16.5. The highest BCUT2D eigenvalue weighted by Crippen LogP contribution is 2.29. The number of hydrogen-bond donors (Lipinski definition) is 1. The van der Waals surface area contributed by atoms with Crippen molar-refractivity contribution >= 4 is 27.7 Å². The molecule has 1 N–H and O–H groups in total. The van der Waals surface area contributed by atoms with Crippen molar-refractivity contribution in [2.45, 2.75) is 6.54 Å². The van der Waals surface area contributed by atoms with Crippen molar-refractivity contribution in [1.82, 2.24) is 14.5 Å². The largest absolute Gasteiger partial charge is 0.497 e. The molecule has 0 spiro atoms. The Labute approximate surface area is 173 Å². The molecule has 0 unspecified atom stereocenters. The maximum atomic E-state index is 13.2. The highest BCUT2D eigenvalue weighted by molar-refractivity contribution is 6.17. The summed E-state index contributed by atoms with van der Waals surface area (Å²) >= 11 is 0. The number of carbonyl (C=O) groups excluding carboxylic acids is 1. The zero-order valence-corrected chi connectivity index (χ0v) is 17.4. The van der Waals surface area contributed by atoms with Gasteiger partial charge < -0.3 is 23.9 Å². The van der Waals surface area contributed by atoms with Gasteiger partial charge in [0.1, 0.15) is 17.0 Å².